The SMILES string of the molecule is CC(C)C(OC(=O)CC1=C2C3CC(C1)CC2C3)C(F)(F)C(=O)O. The molecule has 4 nitrogen and oxygen atoms in total. The minimum absolute atomic E-state index is 0.0255. The first-order chi connectivity index (χ1) is 10.7. The Morgan fingerprint density at radius 2 is 1.87 bits per heavy atom. The van der Waals surface area contributed by atoms with Crippen molar-refractivity contribution in [2.75, 3.05) is 0 Å². The van der Waals surface area contributed by atoms with Crippen LogP contribution < -0.4 is 0 Å². The summed E-state index contributed by atoms with van der Waals surface area (Å²) in [5.41, 5.74) is 2.41. The number of alkyl halides is 2. The Labute approximate surface area is 133 Å². The molecule has 0 amide bonds. The average Bonchev–Trinajstić information content (AvgIpc) is 2.43. The van der Waals surface area contributed by atoms with E-state index in [1.807, 2.05) is 0 Å². The van der Waals surface area contributed by atoms with Crippen molar-refractivity contribution in [2.24, 2.45) is 23.7 Å². The highest BCUT2D eigenvalue weighted by Crippen LogP contribution is 2.59. The second-order valence-electron chi connectivity index (χ2n) is 7.49. The third-order valence-electron chi connectivity index (χ3n) is 5.49. The van der Waals surface area contributed by atoms with Gasteiger partial charge < -0.3 is 9.84 Å². The monoisotopic (exact) mass is 328 g/mol. The molecule has 0 saturated heterocycles. The predicted molar refractivity (Wildman–Crippen MR) is 77.9 cm³/mol. The second-order valence-corrected chi connectivity index (χ2v) is 7.49. The molecule has 0 heterocycles. The lowest BCUT2D eigenvalue weighted by atomic mass is 9.51. The molecule has 5 rings (SSSR count). The summed E-state index contributed by atoms with van der Waals surface area (Å²) >= 11 is 0. The lowest BCUT2D eigenvalue weighted by Gasteiger charge is -2.54. The van der Waals surface area contributed by atoms with E-state index in [-0.39, 0.29) is 6.42 Å². The van der Waals surface area contributed by atoms with Crippen LogP contribution in [0.5, 0.6) is 0 Å². The first-order valence-electron chi connectivity index (χ1n) is 8.22. The van der Waals surface area contributed by atoms with Crippen LogP contribution in [0.1, 0.15) is 46.0 Å². The van der Waals surface area contributed by atoms with Gasteiger partial charge in [0.15, 0.2) is 6.10 Å². The molecule has 0 aliphatic heterocycles. The number of rotatable bonds is 6. The smallest absolute Gasteiger partial charge is 0.378 e. The molecule has 128 valence electrons. The minimum atomic E-state index is -4.07. The fourth-order valence-corrected chi connectivity index (χ4v) is 4.61. The van der Waals surface area contributed by atoms with E-state index in [2.05, 4.69) is 0 Å². The molecule has 3 unspecified atom stereocenters. The fraction of sp³-hybridized carbons (Fsp3) is 0.765. The maximum absolute atomic E-state index is 13.7. The molecule has 1 N–H and O–H groups in total. The summed E-state index contributed by atoms with van der Waals surface area (Å²) in [4.78, 5) is 22.9. The molecular weight excluding hydrogens is 306 g/mol. The number of carbonyl (C=O) groups excluding carboxylic acids is 1. The number of esters is 1. The Morgan fingerprint density at radius 3 is 2.35 bits per heavy atom. The number of ether oxygens (including phenoxy) is 1. The normalized spacial score (nSPS) is 30.2. The van der Waals surface area contributed by atoms with Crippen molar-refractivity contribution in [3.63, 3.8) is 0 Å². The lowest BCUT2D eigenvalue weighted by Crippen LogP contribution is -2.47. The Hall–Kier alpha value is -1.46. The molecule has 5 aliphatic carbocycles. The highest BCUT2D eigenvalue weighted by Gasteiger charge is 2.52. The van der Waals surface area contributed by atoms with Crippen LogP contribution in [0.25, 0.3) is 0 Å². The van der Waals surface area contributed by atoms with E-state index < -0.39 is 29.9 Å². The van der Waals surface area contributed by atoms with Gasteiger partial charge in [0.2, 0.25) is 0 Å². The molecule has 5 aliphatic rings. The van der Waals surface area contributed by atoms with Gasteiger partial charge >= 0.3 is 17.9 Å². The van der Waals surface area contributed by atoms with Crippen molar-refractivity contribution in [3.8, 4) is 0 Å². The van der Waals surface area contributed by atoms with Crippen LogP contribution in [0.4, 0.5) is 8.78 Å². The summed E-state index contributed by atoms with van der Waals surface area (Å²) in [6.07, 6.45) is 2.52. The number of carbonyl (C=O) groups is 2. The summed E-state index contributed by atoms with van der Waals surface area (Å²) in [7, 11) is 0. The Bertz CT molecular complexity index is 553. The lowest BCUT2D eigenvalue weighted by molar-refractivity contribution is -0.198. The molecule has 4 bridgehead atoms. The molecule has 0 aromatic rings. The van der Waals surface area contributed by atoms with Gasteiger partial charge in [-0.05, 0) is 49.4 Å². The van der Waals surface area contributed by atoms with E-state index in [1.54, 1.807) is 0 Å². The van der Waals surface area contributed by atoms with Gasteiger partial charge in [-0.1, -0.05) is 25.0 Å². The molecule has 0 aromatic carbocycles. The summed E-state index contributed by atoms with van der Waals surface area (Å²) in [5, 5.41) is 8.67. The zero-order valence-electron chi connectivity index (χ0n) is 13.4. The Balaban J connectivity index is 1.68. The Morgan fingerprint density at radius 1 is 1.26 bits per heavy atom. The van der Waals surface area contributed by atoms with E-state index in [0.717, 1.165) is 12.0 Å². The van der Waals surface area contributed by atoms with Gasteiger partial charge in [-0.3, -0.25) is 4.79 Å². The van der Waals surface area contributed by atoms with E-state index in [1.165, 1.54) is 38.7 Å². The molecular formula is C17H22F2O4. The van der Waals surface area contributed by atoms with Crippen molar-refractivity contribution < 1.29 is 28.2 Å². The maximum Gasteiger partial charge on any atom is 0.378 e. The van der Waals surface area contributed by atoms with Gasteiger partial charge in [-0.25, -0.2) is 4.79 Å². The van der Waals surface area contributed by atoms with Gasteiger partial charge in [0.05, 0.1) is 6.42 Å². The maximum atomic E-state index is 13.7. The van der Waals surface area contributed by atoms with Gasteiger partial charge in [-0.15, -0.1) is 0 Å². The van der Waals surface area contributed by atoms with Gasteiger partial charge in [0.25, 0.3) is 0 Å². The van der Waals surface area contributed by atoms with Crippen LogP contribution in [0.3, 0.4) is 0 Å². The summed E-state index contributed by atoms with van der Waals surface area (Å²) < 4.78 is 32.4. The van der Waals surface area contributed by atoms with Gasteiger partial charge in [0, 0.05) is 0 Å². The highest BCUT2D eigenvalue weighted by molar-refractivity contribution is 5.78. The molecule has 23 heavy (non-hydrogen) atoms. The first kappa shape index (κ1) is 16.4. The Kier molecular flexibility index (Phi) is 3.97. The largest absolute Gasteiger partial charge is 0.477 e. The molecule has 0 radical (unpaired) electrons. The van der Waals surface area contributed by atoms with Crippen LogP contribution in [-0.2, 0) is 14.3 Å². The third-order valence-corrected chi connectivity index (χ3v) is 5.49. The number of halogens is 2. The van der Waals surface area contributed by atoms with Gasteiger partial charge in [0.1, 0.15) is 0 Å². The van der Waals surface area contributed by atoms with Crippen LogP contribution in [-0.4, -0.2) is 29.1 Å². The van der Waals surface area contributed by atoms with Crippen molar-refractivity contribution in [2.45, 2.75) is 58.0 Å². The zero-order valence-corrected chi connectivity index (χ0v) is 13.4. The molecule has 0 aromatic heterocycles. The van der Waals surface area contributed by atoms with Crippen LogP contribution in [0.2, 0.25) is 0 Å². The van der Waals surface area contributed by atoms with E-state index in [0.29, 0.717) is 17.8 Å². The number of carboxylic acids is 1. The molecule has 3 fully saturated rings. The van der Waals surface area contributed by atoms with E-state index in [9.17, 15) is 18.4 Å². The number of hydrogen-bond acceptors (Lipinski definition) is 3. The molecule has 0 spiro atoms. The number of hydrogen-bond donors (Lipinski definition) is 1. The van der Waals surface area contributed by atoms with Crippen molar-refractivity contribution in [1.82, 2.24) is 0 Å². The van der Waals surface area contributed by atoms with Gasteiger partial charge in [-0.2, -0.15) is 8.78 Å². The quantitative estimate of drug-likeness (QED) is 0.599. The van der Waals surface area contributed by atoms with E-state index in [4.69, 9.17) is 9.84 Å². The van der Waals surface area contributed by atoms with E-state index >= 15 is 0 Å². The van der Waals surface area contributed by atoms with Crippen molar-refractivity contribution in [3.05, 3.63) is 11.1 Å². The number of carboxylic acid groups (broad SMARTS) is 1. The topological polar surface area (TPSA) is 63.6 Å². The minimum Gasteiger partial charge on any atom is -0.477 e. The summed E-state index contributed by atoms with van der Waals surface area (Å²) in [6.45, 7) is 2.85. The predicted octanol–water partition coefficient (Wildman–Crippen LogP) is 3.41. The fourth-order valence-electron chi connectivity index (χ4n) is 4.61. The molecule has 3 saturated carbocycles. The molecule has 6 heteroatoms. The van der Waals surface area contributed by atoms with Crippen LogP contribution in [0, 0.1) is 23.7 Å². The first-order valence-corrected chi connectivity index (χ1v) is 8.22. The van der Waals surface area contributed by atoms with Crippen LogP contribution >= 0.6 is 0 Å². The second kappa shape index (κ2) is 5.56. The number of allylic oxidation sites excluding steroid dienone is 1. The molecule has 3 atom stereocenters. The van der Waals surface area contributed by atoms with Crippen LogP contribution in [0.15, 0.2) is 11.1 Å². The standard InChI is InChI=1S/C17H22F2O4/c1-8(2)15(17(18,19)16(21)22)23-13(20)7-12-5-9-3-10-6-11(4-9)14(10)12/h8-11,15H,3-7H2,1-2H3,(H,21,22). The third kappa shape index (κ3) is 2.76. The van der Waals surface area contributed by atoms with Crippen molar-refractivity contribution in [1.29, 1.82) is 0 Å². The zero-order chi connectivity index (χ0) is 16.9. The average molecular weight is 328 g/mol. The summed E-state index contributed by atoms with van der Waals surface area (Å²) in [6, 6.07) is 0. The highest BCUT2D eigenvalue weighted by atomic mass is 19.3. The summed E-state index contributed by atoms with van der Waals surface area (Å²) in [5.74, 6) is -6.08. The number of fused-ring (bicyclic) bond motifs is 1. The van der Waals surface area contributed by atoms with Crippen molar-refractivity contribution >= 4 is 11.9 Å². The number of aliphatic carboxylic acids is 1.